The van der Waals surface area contributed by atoms with E-state index in [0.29, 0.717) is 0 Å². The fourth-order valence-corrected chi connectivity index (χ4v) is 1.66. The first-order chi connectivity index (χ1) is 6.45. The second-order valence-corrected chi connectivity index (χ2v) is 4.57. The minimum absolute atomic E-state index is 0.0846. The van der Waals surface area contributed by atoms with Crippen LogP contribution in [0.5, 0.6) is 0 Å². The van der Waals surface area contributed by atoms with Gasteiger partial charge in [-0.2, -0.15) is 13.2 Å². The summed E-state index contributed by atoms with van der Waals surface area (Å²) >= 11 is 0. The van der Waals surface area contributed by atoms with Crippen molar-refractivity contribution >= 4 is 0 Å². The van der Waals surface area contributed by atoms with Crippen molar-refractivity contribution in [2.24, 2.45) is 5.73 Å². The van der Waals surface area contributed by atoms with Crippen LogP contribution in [0.15, 0.2) is 0 Å². The Kier molecular flexibility index (Phi) is 4.57. The molecule has 2 atom stereocenters. The highest BCUT2D eigenvalue weighted by Gasteiger charge is 2.45. The van der Waals surface area contributed by atoms with E-state index in [9.17, 15) is 18.3 Å². The maximum atomic E-state index is 12.6. The highest BCUT2D eigenvalue weighted by Crippen LogP contribution is 2.26. The highest BCUT2D eigenvalue weighted by molar-refractivity contribution is 4.86. The van der Waals surface area contributed by atoms with E-state index in [1.807, 2.05) is 0 Å². The fraction of sp³-hybridized carbons (Fsp3) is 1.00. The Morgan fingerprint density at radius 2 is 1.73 bits per heavy atom. The number of halogens is 3. The van der Waals surface area contributed by atoms with Crippen LogP contribution >= 0.6 is 0 Å². The summed E-state index contributed by atoms with van der Waals surface area (Å²) in [7, 11) is 1.31. The summed E-state index contributed by atoms with van der Waals surface area (Å²) in [6.45, 7) is 4.13. The van der Waals surface area contributed by atoms with Gasteiger partial charge in [0, 0.05) is 12.6 Å². The van der Waals surface area contributed by atoms with Crippen LogP contribution in [0.2, 0.25) is 0 Å². The molecule has 92 valence electrons. The summed E-state index contributed by atoms with van der Waals surface area (Å²) in [6, 6.07) is -2.76. The smallest absolute Gasteiger partial charge is 0.389 e. The predicted molar refractivity (Wildman–Crippen MR) is 52.4 cm³/mol. The minimum Gasteiger partial charge on any atom is -0.389 e. The third-order valence-electron chi connectivity index (χ3n) is 1.94. The van der Waals surface area contributed by atoms with Crippen LogP contribution in [0.3, 0.4) is 0 Å². The molecule has 0 spiro atoms. The zero-order valence-electron chi connectivity index (χ0n) is 9.47. The lowest BCUT2D eigenvalue weighted by atomic mass is 10.1. The van der Waals surface area contributed by atoms with E-state index in [1.165, 1.54) is 27.8 Å². The van der Waals surface area contributed by atoms with Gasteiger partial charge in [-0.05, 0) is 27.8 Å². The number of rotatable bonds is 4. The Balaban J connectivity index is 4.66. The van der Waals surface area contributed by atoms with Gasteiger partial charge in [0.05, 0.1) is 5.60 Å². The van der Waals surface area contributed by atoms with E-state index in [1.54, 1.807) is 0 Å². The van der Waals surface area contributed by atoms with Gasteiger partial charge in [-0.15, -0.1) is 0 Å². The Labute approximate surface area is 88.0 Å². The standard InChI is InChI=1S/C9H19F3N2O/c1-6(13)7(9(10,11)12)14(4)5-8(2,3)15/h6-7,15H,5,13H2,1-4H3. The third-order valence-corrected chi connectivity index (χ3v) is 1.94. The average Bonchev–Trinajstić information content (AvgIpc) is 1.74. The number of nitrogens with zero attached hydrogens (tertiary/aromatic N) is 1. The van der Waals surface area contributed by atoms with Gasteiger partial charge in [-0.25, -0.2) is 0 Å². The quantitative estimate of drug-likeness (QED) is 0.753. The van der Waals surface area contributed by atoms with Crippen molar-refractivity contribution < 1.29 is 18.3 Å². The SMILES string of the molecule is CC(N)C(N(C)CC(C)(C)O)C(F)(F)F. The summed E-state index contributed by atoms with van der Waals surface area (Å²) in [5.41, 5.74) is 4.13. The molecule has 2 unspecified atom stereocenters. The Hall–Kier alpha value is -0.330. The van der Waals surface area contributed by atoms with Crippen molar-refractivity contribution in [2.75, 3.05) is 13.6 Å². The zero-order chi connectivity index (χ0) is 12.4. The molecule has 0 heterocycles. The van der Waals surface area contributed by atoms with E-state index in [2.05, 4.69) is 0 Å². The Morgan fingerprint density at radius 1 is 1.33 bits per heavy atom. The predicted octanol–water partition coefficient (Wildman–Crippen LogP) is 0.967. The van der Waals surface area contributed by atoms with Gasteiger partial charge in [0.1, 0.15) is 6.04 Å². The molecule has 0 bridgehead atoms. The molecule has 0 aromatic heterocycles. The summed E-state index contributed by atoms with van der Waals surface area (Å²) < 4.78 is 37.8. The maximum absolute atomic E-state index is 12.6. The monoisotopic (exact) mass is 228 g/mol. The molecular weight excluding hydrogens is 209 g/mol. The molecule has 0 aliphatic carbocycles. The molecule has 3 N–H and O–H groups in total. The van der Waals surface area contributed by atoms with Gasteiger partial charge in [-0.3, -0.25) is 4.90 Å². The van der Waals surface area contributed by atoms with Crippen molar-refractivity contribution in [3.63, 3.8) is 0 Å². The Bertz CT molecular complexity index is 199. The van der Waals surface area contributed by atoms with E-state index in [-0.39, 0.29) is 6.54 Å². The highest BCUT2D eigenvalue weighted by atomic mass is 19.4. The lowest BCUT2D eigenvalue weighted by molar-refractivity contribution is -0.189. The van der Waals surface area contributed by atoms with Gasteiger partial charge in [0.25, 0.3) is 0 Å². The van der Waals surface area contributed by atoms with Gasteiger partial charge in [0.15, 0.2) is 0 Å². The first-order valence-corrected chi connectivity index (χ1v) is 4.70. The van der Waals surface area contributed by atoms with E-state index < -0.39 is 23.9 Å². The van der Waals surface area contributed by atoms with Crippen molar-refractivity contribution in [1.82, 2.24) is 4.90 Å². The van der Waals surface area contributed by atoms with Gasteiger partial charge >= 0.3 is 6.18 Å². The lowest BCUT2D eigenvalue weighted by Crippen LogP contribution is -2.56. The number of nitrogens with two attached hydrogens (primary N) is 1. The van der Waals surface area contributed by atoms with Crippen LogP contribution in [0.4, 0.5) is 13.2 Å². The normalized spacial score (nSPS) is 18.0. The first-order valence-electron chi connectivity index (χ1n) is 4.70. The number of hydrogen-bond donors (Lipinski definition) is 2. The van der Waals surface area contributed by atoms with Gasteiger partial charge in [0.2, 0.25) is 0 Å². The summed E-state index contributed by atoms with van der Waals surface area (Å²) in [5.74, 6) is 0. The van der Waals surface area contributed by atoms with Crippen LogP contribution < -0.4 is 5.73 Å². The lowest BCUT2D eigenvalue weighted by Gasteiger charge is -2.35. The molecule has 0 aromatic rings. The van der Waals surface area contributed by atoms with Gasteiger partial charge < -0.3 is 10.8 Å². The molecule has 3 nitrogen and oxygen atoms in total. The van der Waals surface area contributed by atoms with Crippen molar-refractivity contribution in [3.05, 3.63) is 0 Å². The third kappa shape index (κ3) is 5.34. The van der Waals surface area contributed by atoms with Crippen molar-refractivity contribution in [2.45, 2.75) is 44.6 Å². The number of hydrogen-bond acceptors (Lipinski definition) is 3. The molecule has 0 radical (unpaired) electrons. The molecule has 6 heteroatoms. The maximum Gasteiger partial charge on any atom is 0.405 e. The second kappa shape index (κ2) is 4.67. The molecule has 0 aliphatic rings. The number of likely N-dealkylation sites (N-methyl/N-ethyl adjacent to an activating group) is 1. The molecule has 0 saturated carbocycles. The van der Waals surface area contributed by atoms with Crippen LogP contribution in [0, 0.1) is 0 Å². The second-order valence-electron chi connectivity index (χ2n) is 4.57. The number of aliphatic hydroxyl groups is 1. The molecular formula is C9H19F3N2O. The van der Waals surface area contributed by atoms with Crippen LogP contribution in [0.1, 0.15) is 20.8 Å². The molecule has 0 aromatic carbocycles. The van der Waals surface area contributed by atoms with Crippen LogP contribution in [0.25, 0.3) is 0 Å². The molecule has 15 heavy (non-hydrogen) atoms. The summed E-state index contributed by atoms with van der Waals surface area (Å²) in [4.78, 5) is 1.03. The summed E-state index contributed by atoms with van der Waals surface area (Å²) in [6.07, 6.45) is -4.38. The van der Waals surface area contributed by atoms with E-state index >= 15 is 0 Å². The molecule has 0 fully saturated rings. The summed E-state index contributed by atoms with van der Waals surface area (Å²) in [5, 5.41) is 9.43. The minimum atomic E-state index is -4.38. The average molecular weight is 228 g/mol. The fourth-order valence-electron chi connectivity index (χ4n) is 1.66. The van der Waals surface area contributed by atoms with E-state index in [0.717, 1.165) is 4.90 Å². The largest absolute Gasteiger partial charge is 0.405 e. The van der Waals surface area contributed by atoms with Crippen LogP contribution in [-0.2, 0) is 0 Å². The zero-order valence-corrected chi connectivity index (χ0v) is 9.47. The van der Waals surface area contributed by atoms with Gasteiger partial charge in [-0.1, -0.05) is 0 Å². The number of alkyl halides is 3. The van der Waals surface area contributed by atoms with Crippen LogP contribution in [-0.4, -0.2) is 47.5 Å². The molecule has 0 saturated heterocycles. The Morgan fingerprint density at radius 3 is 1.93 bits per heavy atom. The topological polar surface area (TPSA) is 49.5 Å². The molecule has 0 rings (SSSR count). The van der Waals surface area contributed by atoms with Crippen molar-refractivity contribution in [1.29, 1.82) is 0 Å². The molecule has 0 aliphatic heterocycles. The van der Waals surface area contributed by atoms with Crippen molar-refractivity contribution in [3.8, 4) is 0 Å². The molecule has 0 amide bonds. The van der Waals surface area contributed by atoms with E-state index in [4.69, 9.17) is 5.73 Å². The first kappa shape index (κ1) is 14.7.